The molecule has 0 amide bonds. The summed E-state index contributed by atoms with van der Waals surface area (Å²) < 4.78 is 0. The molecule has 0 spiro atoms. The third-order valence-electron chi connectivity index (χ3n) is 1.22. The van der Waals surface area contributed by atoms with Gasteiger partial charge in [-0.05, 0) is 12.1 Å². The van der Waals surface area contributed by atoms with E-state index in [9.17, 15) is 19.8 Å². The molecular formula is C7H3CuNO4. The van der Waals surface area contributed by atoms with Gasteiger partial charge in [0.1, 0.15) is 0 Å². The number of carbonyl (C=O) groups is 2. The minimum absolute atomic E-state index is 0. The van der Waals surface area contributed by atoms with Crippen LogP contribution in [0.4, 0.5) is 0 Å². The van der Waals surface area contributed by atoms with Gasteiger partial charge in [-0.2, -0.15) is 0 Å². The third-order valence-corrected chi connectivity index (χ3v) is 1.22. The maximum atomic E-state index is 10.3. The monoisotopic (exact) mass is 228 g/mol. The van der Waals surface area contributed by atoms with Crippen LogP contribution in [0, 0.1) is 0 Å². The summed E-state index contributed by atoms with van der Waals surface area (Å²) >= 11 is 0. The van der Waals surface area contributed by atoms with E-state index >= 15 is 0 Å². The number of carbonyl (C=O) groups excluding carboxylic acids is 2. The van der Waals surface area contributed by atoms with Crippen molar-refractivity contribution in [2.24, 2.45) is 0 Å². The molecule has 5 nitrogen and oxygen atoms in total. The molecule has 0 aromatic carbocycles. The molecule has 0 saturated carbocycles. The molecule has 0 aliphatic carbocycles. The first-order valence-corrected chi connectivity index (χ1v) is 3.00. The fourth-order valence-electron chi connectivity index (χ4n) is 0.733. The average molecular weight is 229 g/mol. The molecule has 0 unspecified atom stereocenters. The molecule has 1 aromatic heterocycles. The van der Waals surface area contributed by atoms with Crippen LogP contribution in [-0.4, -0.2) is 16.9 Å². The van der Waals surface area contributed by atoms with Crippen LogP contribution in [0.25, 0.3) is 0 Å². The van der Waals surface area contributed by atoms with E-state index in [-0.39, 0.29) is 17.1 Å². The van der Waals surface area contributed by atoms with E-state index in [2.05, 4.69) is 4.98 Å². The van der Waals surface area contributed by atoms with E-state index in [1.165, 1.54) is 6.07 Å². The quantitative estimate of drug-likeness (QED) is 0.536. The molecule has 0 aliphatic heterocycles. The van der Waals surface area contributed by atoms with E-state index in [1.807, 2.05) is 0 Å². The van der Waals surface area contributed by atoms with Crippen molar-refractivity contribution in [1.82, 2.24) is 4.98 Å². The summed E-state index contributed by atoms with van der Waals surface area (Å²) in [5, 5.41) is 20.5. The maximum absolute atomic E-state index is 10.3. The molecule has 13 heavy (non-hydrogen) atoms. The Bertz CT molecular complexity index is 306. The number of hydrogen-bond donors (Lipinski definition) is 0. The zero-order valence-electron chi connectivity index (χ0n) is 6.11. The van der Waals surface area contributed by atoms with Gasteiger partial charge in [0.05, 0.1) is 17.6 Å². The predicted molar refractivity (Wildman–Crippen MR) is 32.9 cm³/mol. The Morgan fingerprint density at radius 2 is 1.85 bits per heavy atom. The van der Waals surface area contributed by atoms with Crippen LogP contribution in [0.2, 0.25) is 0 Å². The van der Waals surface area contributed by atoms with Crippen LogP contribution in [-0.2, 0) is 17.1 Å². The molecule has 0 saturated heterocycles. The number of carboxylic acids is 2. The molecule has 1 heterocycles. The van der Waals surface area contributed by atoms with Crippen molar-refractivity contribution in [3.8, 4) is 0 Å². The number of pyridine rings is 1. The van der Waals surface area contributed by atoms with Gasteiger partial charge in [-0.1, -0.05) is 0 Å². The van der Waals surface area contributed by atoms with Gasteiger partial charge in [-0.15, -0.1) is 0 Å². The standard InChI is InChI=1S/C7H5NO4.Cu/c9-6(10)4-2-1-3-8-5(4)7(11)12;/h1-3H,(H,9,10)(H,11,12);/q;+2/p-2. The molecule has 6 heteroatoms. The zero-order chi connectivity index (χ0) is 9.14. The molecule has 0 fully saturated rings. The molecule has 0 atom stereocenters. The van der Waals surface area contributed by atoms with E-state index < -0.39 is 23.2 Å². The van der Waals surface area contributed by atoms with Crippen LogP contribution in [0.5, 0.6) is 0 Å². The Morgan fingerprint density at radius 3 is 2.23 bits per heavy atom. The van der Waals surface area contributed by atoms with Crippen LogP contribution in [0.1, 0.15) is 20.8 Å². The first-order chi connectivity index (χ1) is 5.63. The molecule has 0 bridgehead atoms. The van der Waals surface area contributed by atoms with E-state index in [0.717, 1.165) is 12.3 Å². The van der Waals surface area contributed by atoms with Gasteiger partial charge in [0.2, 0.25) is 0 Å². The molecule has 1 radical (unpaired) electrons. The normalized spacial score (nSPS) is 8.62. The van der Waals surface area contributed by atoms with Crippen molar-refractivity contribution in [3.05, 3.63) is 29.6 Å². The summed E-state index contributed by atoms with van der Waals surface area (Å²) in [5.74, 6) is -3.21. The molecular weight excluding hydrogens is 226 g/mol. The molecule has 1 aromatic rings. The average Bonchev–Trinajstić information content (AvgIpc) is 2.04. The van der Waals surface area contributed by atoms with Gasteiger partial charge in [0.15, 0.2) is 0 Å². The van der Waals surface area contributed by atoms with Gasteiger partial charge in [0, 0.05) is 11.8 Å². The van der Waals surface area contributed by atoms with Crippen LogP contribution in [0.3, 0.4) is 0 Å². The van der Waals surface area contributed by atoms with Gasteiger partial charge < -0.3 is 19.8 Å². The van der Waals surface area contributed by atoms with Crippen molar-refractivity contribution in [2.45, 2.75) is 0 Å². The molecule has 0 aliphatic rings. The Morgan fingerprint density at radius 1 is 1.23 bits per heavy atom. The number of hydrogen-bond acceptors (Lipinski definition) is 5. The van der Waals surface area contributed by atoms with Crippen molar-refractivity contribution in [1.29, 1.82) is 0 Å². The maximum Gasteiger partial charge on any atom is 2.00 e. The first-order valence-electron chi connectivity index (χ1n) is 3.00. The Hall–Kier alpha value is -1.39. The van der Waals surface area contributed by atoms with Crippen molar-refractivity contribution in [2.75, 3.05) is 0 Å². The number of carboxylic acid groups (broad SMARTS) is 2. The van der Waals surface area contributed by atoms with E-state index in [1.54, 1.807) is 0 Å². The van der Waals surface area contributed by atoms with Gasteiger partial charge in [-0.25, -0.2) is 0 Å². The third kappa shape index (κ3) is 2.54. The molecule has 1 rings (SSSR count). The van der Waals surface area contributed by atoms with Crippen molar-refractivity contribution >= 4 is 11.9 Å². The number of nitrogens with zero attached hydrogens (tertiary/aromatic N) is 1. The Labute approximate surface area is 83.9 Å². The second-order valence-electron chi connectivity index (χ2n) is 1.97. The van der Waals surface area contributed by atoms with Gasteiger partial charge in [0.25, 0.3) is 0 Å². The van der Waals surface area contributed by atoms with Crippen LogP contribution in [0.15, 0.2) is 18.3 Å². The Kier molecular flexibility index (Phi) is 4.10. The van der Waals surface area contributed by atoms with Crippen molar-refractivity contribution < 1.29 is 36.9 Å². The fourth-order valence-corrected chi connectivity index (χ4v) is 0.733. The first kappa shape index (κ1) is 11.6. The number of aromatic carboxylic acids is 2. The van der Waals surface area contributed by atoms with E-state index in [0.29, 0.717) is 0 Å². The molecule has 0 N–H and O–H groups in total. The smallest absolute Gasteiger partial charge is 0.545 e. The largest absolute Gasteiger partial charge is 2.00 e. The Balaban J connectivity index is 0.00000144. The minimum atomic E-state index is -1.63. The number of rotatable bonds is 2. The second kappa shape index (κ2) is 4.59. The second-order valence-corrected chi connectivity index (χ2v) is 1.97. The van der Waals surface area contributed by atoms with Crippen LogP contribution >= 0.6 is 0 Å². The summed E-state index contributed by atoms with van der Waals surface area (Å²) in [7, 11) is 0. The summed E-state index contributed by atoms with van der Waals surface area (Å²) in [6.07, 6.45) is 1.16. The van der Waals surface area contributed by atoms with Crippen molar-refractivity contribution in [3.63, 3.8) is 0 Å². The summed E-state index contributed by atoms with van der Waals surface area (Å²) in [4.78, 5) is 23.9. The van der Waals surface area contributed by atoms with Gasteiger partial charge >= 0.3 is 17.1 Å². The predicted octanol–water partition coefficient (Wildman–Crippen LogP) is -2.19. The summed E-state index contributed by atoms with van der Waals surface area (Å²) in [6.45, 7) is 0. The number of aromatic nitrogens is 1. The fraction of sp³-hybridized carbons (Fsp3) is 0. The molecule has 71 valence electrons. The summed E-state index contributed by atoms with van der Waals surface area (Å²) in [6, 6.07) is 2.39. The zero-order valence-corrected chi connectivity index (χ0v) is 7.06. The van der Waals surface area contributed by atoms with E-state index in [4.69, 9.17) is 0 Å². The van der Waals surface area contributed by atoms with Crippen LogP contribution < -0.4 is 10.2 Å². The minimum Gasteiger partial charge on any atom is -0.545 e. The SMILES string of the molecule is O=C([O-])c1cccnc1C(=O)[O-].[Cu+2]. The topological polar surface area (TPSA) is 93.2 Å². The van der Waals surface area contributed by atoms with Gasteiger partial charge in [-0.3, -0.25) is 4.98 Å². The summed E-state index contributed by atoms with van der Waals surface area (Å²) in [5.41, 5.74) is -1.09.